The van der Waals surface area contributed by atoms with Gasteiger partial charge in [0.2, 0.25) is 5.88 Å². The van der Waals surface area contributed by atoms with Gasteiger partial charge in [-0.3, -0.25) is 14.6 Å². The van der Waals surface area contributed by atoms with Gasteiger partial charge in [0.1, 0.15) is 0 Å². The van der Waals surface area contributed by atoms with E-state index in [-0.39, 0.29) is 16.7 Å². The molecule has 0 radical (unpaired) electrons. The molecule has 1 heterocycles. The summed E-state index contributed by atoms with van der Waals surface area (Å²) in [5, 5.41) is 10.6. The first-order valence-corrected chi connectivity index (χ1v) is 11.7. The second-order valence-corrected chi connectivity index (χ2v) is 9.62. The topological polar surface area (TPSA) is 73.4 Å². The summed E-state index contributed by atoms with van der Waals surface area (Å²) in [4.78, 5) is 28.5. The highest BCUT2D eigenvalue weighted by molar-refractivity contribution is 7.09. The van der Waals surface area contributed by atoms with Crippen molar-refractivity contribution in [2.45, 2.75) is 13.0 Å². The molecule has 0 saturated carbocycles. The van der Waals surface area contributed by atoms with Gasteiger partial charge >= 0.3 is 4.87 Å². The van der Waals surface area contributed by atoms with E-state index in [0.717, 1.165) is 33.6 Å². The standard InChI is InChI=1S/C25H20Cl2N2O3S/c1-29(24(31)19-11-20(26)13-21(27)12-19)14-16-3-2-4-18(9-16)17-7-5-15(6-8-17)10-22-23(30)28-25(32)33-22/h2-9,11-13,30H,10,14H2,1H3,(H,28,32). The van der Waals surface area contributed by atoms with Crippen LogP contribution in [0.2, 0.25) is 10.0 Å². The number of carbonyl (C=O) groups excluding carboxylic acids is 1. The number of hydrogen-bond acceptors (Lipinski definition) is 4. The Bertz CT molecular complexity index is 1340. The number of thiazole rings is 1. The summed E-state index contributed by atoms with van der Waals surface area (Å²) in [5.74, 6) is -0.232. The van der Waals surface area contributed by atoms with E-state index in [9.17, 15) is 14.7 Å². The van der Waals surface area contributed by atoms with Crippen molar-refractivity contribution in [1.29, 1.82) is 0 Å². The number of halogens is 2. The fourth-order valence-corrected chi connectivity index (χ4v) is 4.85. The van der Waals surface area contributed by atoms with Crippen molar-refractivity contribution in [2.24, 2.45) is 0 Å². The number of hydrogen-bond donors (Lipinski definition) is 2. The highest BCUT2D eigenvalue weighted by Crippen LogP contribution is 2.25. The zero-order valence-corrected chi connectivity index (χ0v) is 20.0. The second-order valence-electron chi connectivity index (χ2n) is 7.68. The number of H-pyrrole nitrogens is 1. The molecule has 0 unspecified atom stereocenters. The number of carbonyl (C=O) groups is 1. The Labute approximate surface area is 204 Å². The van der Waals surface area contributed by atoms with Crippen LogP contribution in [0.25, 0.3) is 11.1 Å². The largest absolute Gasteiger partial charge is 0.494 e. The van der Waals surface area contributed by atoms with Crippen LogP contribution in [0.4, 0.5) is 0 Å². The number of rotatable bonds is 6. The molecule has 8 heteroatoms. The Morgan fingerprint density at radius 3 is 2.30 bits per heavy atom. The lowest BCUT2D eigenvalue weighted by Crippen LogP contribution is -2.26. The Morgan fingerprint density at radius 1 is 0.970 bits per heavy atom. The van der Waals surface area contributed by atoms with Crippen LogP contribution in [0.15, 0.2) is 71.5 Å². The maximum atomic E-state index is 12.8. The molecule has 2 N–H and O–H groups in total. The maximum absolute atomic E-state index is 12.8. The lowest BCUT2D eigenvalue weighted by molar-refractivity contribution is 0.0785. The highest BCUT2D eigenvalue weighted by atomic mass is 35.5. The van der Waals surface area contributed by atoms with Gasteiger partial charge in [-0.1, -0.05) is 77.0 Å². The molecule has 33 heavy (non-hydrogen) atoms. The minimum absolute atomic E-state index is 0.0690. The Balaban J connectivity index is 1.47. The van der Waals surface area contributed by atoms with E-state index in [1.165, 1.54) is 0 Å². The van der Waals surface area contributed by atoms with E-state index in [1.807, 2.05) is 48.5 Å². The van der Waals surface area contributed by atoms with Gasteiger partial charge in [-0.2, -0.15) is 0 Å². The fraction of sp³-hybridized carbons (Fsp3) is 0.120. The minimum atomic E-state index is -0.266. The quantitative estimate of drug-likeness (QED) is 0.343. The number of benzene rings is 3. The first-order valence-electron chi connectivity index (χ1n) is 10.1. The average Bonchev–Trinajstić information content (AvgIpc) is 3.09. The molecule has 3 aromatic carbocycles. The van der Waals surface area contributed by atoms with E-state index in [1.54, 1.807) is 30.1 Å². The Kier molecular flexibility index (Phi) is 6.88. The molecule has 4 aromatic rings. The van der Waals surface area contributed by atoms with E-state index in [0.29, 0.717) is 33.5 Å². The zero-order chi connectivity index (χ0) is 23.5. The van der Waals surface area contributed by atoms with Gasteiger partial charge in [-0.25, -0.2) is 0 Å². The Morgan fingerprint density at radius 2 is 1.67 bits per heavy atom. The maximum Gasteiger partial charge on any atom is 0.307 e. The summed E-state index contributed by atoms with van der Waals surface area (Å²) in [6.45, 7) is 0.431. The normalized spacial score (nSPS) is 10.9. The third-order valence-electron chi connectivity index (χ3n) is 5.16. The predicted octanol–water partition coefficient (Wildman–Crippen LogP) is 5.98. The summed E-state index contributed by atoms with van der Waals surface area (Å²) in [7, 11) is 1.74. The SMILES string of the molecule is CN(Cc1cccc(-c2ccc(Cc3sc(=O)[nH]c3O)cc2)c1)C(=O)c1cc(Cl)cc(Cl)c1. The van der Waals surface area contributed by atoms with Gasteiger partial charge in [0.25, 0.3) is 5.91 Å². The second kappa shape index (κ2) is 9.83. The van der Waals surface area contributed by atoms with Crippen LogP contribution >= 0.6 is 34.5 Å². The first kappa shape index (κ1) is 23.1. The number of amides is 1. The van der Waals surface area contributed by atoms with Gasteiger partial charge in [0.15, 0.2) is 0 Å². The molecule has 0 atom stereocenters. The molecule has 0 aliphatic heterocycles. The summed E-state index contributed by atoms with van der Waals surface area (Å²) in [5.41, 5.74) is 4.48. The van der Waals surface area contributed by atoms with Crippen molar-refractivity contribution in [3.8, 4) is 17.0 Å². The van der Waals surface area contributed by atoms with E-state index in [2.05, 4.69) is 4.98 Å². The third-order valence-corrected chi connectivity index (χ3v) is 6.46. The first-order chi connectivity index (χ1) is 15.8. The highest BCUT2D eigenvalue weighted by Gasteiger charge is 2.14. The van der Waals surface area contributed by atoms with Gasteiger partial charge < -0.3 is 10.0 Å². The molecule has 1 amide bonds. The lowest BCUT2D eigenvalue weighted by Gasteiger charge is -2.18. The number of nitrogens with one attached hydrogen (secondary N) is 1. The van der Waals surface area contributed by atoms with Crippen molar-refractivity contribution in [2.75, 3.05) is 7.05 Å². The molecule has 5 nitrogen and oxygen atoms in total. The molecular formula is C25H20Cl2N2O3S. The van der Waals surface area contributed by atoms with Crippen LogP contribution in [-0.2, 0) is 13.0 Å². The summed E-state index contributed by atoms with van der Waals surface area (Å²) in [6, 6.07) is 20.8. The van der Waals surface area contributed by atoms with Crippen LogP contribution in [0.3, 0.4) is 0 Å². The molecule has 0 aliphatic rings. The third kappa shape index (κ3) is 5.66. The smallest absolute Gasteiger partial charge is 0.307 e. The van der Waals surface area contributed by atoms with Crippen LogP contribution in [0.5, 0.6) is 5.88 Å². The van der Waals surface area contributed by atoms with Gasteiger partial charge in [-0.05, 0) is 46.5 Å². The zero-order valence-electron chi connectivity index (χ0n) is 17.6. The van der Waals surface area contributed by atoms with Crippen molar-refractivity contribution >= 4 is 40.4 Å². The fourth-order valence-electron chi connectivity index (χ4n) is 3.56. The number of aromatic nitrogens is 1. The number of aromatic hydroxyl groups is 1. The van der Waals surface area contributed by atoms with Crippen LogP contribution in [-0.4, -0.2) is 27.9 Å². The van der Waals surface area contributed by atoms with Crippen LogP contribution < -0.4 is 4.87 Å². The molecule has 0 spiro atoms. The summed E-state index contributed by atoms with van der Waals surface area (Å²) >= 11 is 13.1. The van der Waals surface area contributed by atoms with Gasteiger partial charge in [0.05, 0.1) is 4.88 Å². The molecule has 1 aromatic heterocycles. The van der Waals surface area contributed by atoms with Gasteiger partial charge in [0, 0.05) is 35.6 Å². The summed E-state index contributed by atoms with van der Waals surface area (Å²) in [6.07, 6.45) is 0.482. The molecule has 0 bridgehead atoms. The molecule has 4 rings (SSSR count). The molecule has 0 fully saturated rings. The van der Waals surface area contributed by atoms with E-state index >= 15 is 0 Å². The minimum Gasteiger partial charge on any atom is -0.494 e. The van der Waals surface area contributed by atoms with Crippen molar-refractivity contribution in [3.05, 3.63) is 108 Å². The number of aromatic amines is 1. The monoisotopic (exact) mass is 498 g/mol. The summed E-state index contributed by atoms with van der Waals surface area (Å²) < 4.78 is 0. The Hall–Kier alpha value is -3.06. The van der Waals surface area contributed by atoms with Crippen LogP contribution in [0, 0.1) is 0 Å². The average molecular weight is 499 g/mol. The van der Waals surface area contributed by atoms with Crippen molar-refractivity contribution < 1.29 is 9.90 Å². The van der Waals surface area contributed by atoms with E-state index in [4.69, 9.17) is 23.2 Å². The van der Waals surface area contributed by atoms with Gasteiger partial charge in [-0.15, -0.1) is 0 Å². The van der Waals surface area contributed by atoms with Crippen LogP contribution in [0.1, 0.15) is 26.4 Å². The molecule has 168 valence electrons. The molecule has 0 saturated heterocycles. The van der Waals surface area contributed by atoms with E-state index < -0.39 is 0 Å². The molecule has 0 aliphatic carbocycles. The number of nitrogens with zero attached hydrogens (tertiary/aromatic N) is 1. The van der Waals surface area contributed by atoms with Crippen molar-refractivity contribution in [1.82, 2.24) is 9.88 Å². The lowest BCUT2D eigenvalue weighted by atomic mass is 10.0. The predicted molar refractivity (Wildman–Crippen MR) is 134 cm³/mol. The molecular weight excluding hydrogens is 479 g/mol. The van der Waals surface area contributed by atoms with Crippen molar-refractivity contribution in [3.63, 3.8) is 0 Å².